The van der Waals surface area contributed by atoms with Gasteiger partial charge in [0.05, 0.1) is 31.7 Å². The van der Waals surface area contributed by atoms with Crippen molar-refractivity contribution in [3.05, 3.63) is 54.1 Å². The Hall–Kier alpha value is -2.74. The summed E-state index contributed by atoms with van der Waals surface area (Å²) in [5.74, 6) is 0.959. The first kappa shape index (κ1) is 21.6. The highest BCUT2D eigenvalue weighted by Crippen LogP contribution is 2.22. The predicted molar refractivity (Wildman–Crippen MR) is 109 cm³/mol. The van der Waals surface area contributed by atoms with Crippen LogP contribution in [0, 0.1) is 0 Å². The number of nitrogens with one attached hydrogen (secondary N) is 1. The number of nitrogens with zero attached hydrogens (tertiary/aromatic N) is 1. The molecule has 0 radical (unpaired) electrons. The fraction of sp³-hybridized carbons (Fsp3) is 0.350. The van der Waals surface area contributed by atoms with Crippen LogP contribution in [0.25, 0.3) is 0 Å². The molecule has 7 nitrogen and oxygen atoms in total. The van der Waals surface area contributed by atoms with Crippen molar-refractivity contribution < 1.29 is 22.7 Å². The summed E-state index contributed by atoms with van der Waals surface area (Å²) in [6, 6.07) is 13.6. The number of carbonyl (C=O) groups is 1. The number of amides is 1. The van der Waals surface area contributed by atoms with Gasteiger partial charge in [0.25, 0.3) is 0 Å². The second-order valence-electron chi connectivity index (χ2n) is 6.26. The molecule has 8 heteroatoms. The third-order valence-electron chi connectivity index (χ3n) is 4.12. The van der Waals surface area contributed by atoms with E-state index in [9.17, 15) is 13.2 Å². The molecule has 152 valence electrons. The highest BCUT2D eigenvalue weighted by Gasteiger charge is 2.22. The smallest absolute Gasteiger partial charge is 0.241 e. The van der Waals surface area contributed by atoms with Crippen molar-refractivity contribution in [3.8, 4) is 11.5 Å². The van der Waals surface area contributed by atoms with E-state index in [-0.39, 0.29) is 12.6 Å². The van der Waals surface area contributed by atoms with Crippen molar-refractivity contribution in [2.45, 2.75) is 19.9 Å². The van der Waals surface area contributed by atoms with E-state index in [0.717, 1.165) is 21.9 Å². The minimum Gasteiger partial charge on any atom is -0.497 e. The monoisotopic (exact) mass is 406 g/mol. The van der Waals surface area contributed by atoms with Crippen LogP contribution in [0.15, 0.2) is 48.5 Å². The molecule has 1 amide bonds. The first-order valence-corrected chi connectivity index (χ1v) is 10.7. The molecule has 0 fully saturated rings. The van der Waals surface area contributed by atoms with Crippen LogP contribution >= 0.6 is 0 Å². The standard InChI is InChI=1S/C20H26N2O5S/c1-5-27-19-12-8-17(9-13-19)22(28(4,24)25)14-20(23)21-15(2)16-6-10-18(26-3)11-7-16/h6-13,15H,5,14H2,1-4H3,(H,21,23)/t15-/m0/s1. The number of hydrogen-bond donors (Lipinski definition) is 1. The second-order valence-corrected chi connectivity index (χ2v) is 8.17. The lowest BCUT2D eigenvalue weighted by Gasteiger charge is -2.23. The number of hydrogen-bond acceptors (Lipinski definition) is 5. The number of ether oxygens (including phenoxy) is 2. The summed E-state index contributed by atoms with van der Waals surface area (Å²) in [6.07, 6.45) is 1.07. The maximum Gasteiger partial charge on any atom is 0.241 e. The van der Waals surface area contributed by atoms with Gasteiger partial charge in [0, 0.05) is 0 Å². The fourth-order valence-corrected chi connectivity index (χ4v) is 3.53. The first-order chi connectivity index (χ1) is 13.2. The third-order valence-corrected chi connectivity index (χ3v) is 5.26. The number of anilines is 1. The van der Waals surface area contributed by atoms with Crippen LogP contribution in [0.1, 0.15) is 25.5 Å². The van der Waals surface area contributed by atoms with Crippen LogP contribution in [-0.2, 0) is 14.8 Å². The normalized spacial score (nSPS) is 12.1. The van der Waals surface area contributed by atoms with Crippen LogP contribution in [0.2, 0.25) is 0 Å². The van der Waals surface area contributed by atoms with Gasteiger partial charge in [-0.3, -0.25) is 9.10 Å². The van der Waals surface area contributed by atoms with Gasteiger partial charge in [-0.2, -0.15) is 0 Å². The Morgan fingerprint density at radius 3 is 2.14 bits per heavy atom. The molecule has 0 aliphatic heterocycles. The van der Waals surface area contributed by atoms with Gasteiger partial charge in [0.15, 0.2) is 0 Å². The van der Waals surface area contributed by atoms with Crippen LogP contribution in [-0.4, -0.2) is 40.8 Å². The number of benzene rings is 2. The Kier molecular flexibility index (Phi) is 7.28. The average Bonchev–Trinajstić information content (AvgIpc) is 2.66. The molecule has 0 bridgehead atoms. The quantitative estimate of drug-likeness (QED) is 0.692. The van der Waals surface area contributed by atoms with E-state index in [1.807, 2.05) is 26.0 Å². The second kappa shape index (κ2) is 9.45. The lowest BCUT2D eigenvalue weighted by atomic mass is 10.1. The summed E-state index contributed by atoms with van der Waals surface area (Å²) in [7, 11) is -2.05. The lowest BCUT2D eigenvalue weighted by molar-refractivity contribution is -0.120. The van der Waals surface area contributed by atoms with E-state index in [2.05, 4.69) is 5.32 Å². The molecule has 0 aromatic heterocycles. The first-order valence-electron chi connectivity index (χ1n) is 8.88. The zero-order valence-corrected chi connectivity index (χ0v) is 17.3. The van der Waals surface area contributed by atoms with Crippen LogP contribution in [0.4, 0.5) is 5.69 Å². The van der Waals surface area contributed by atoms with Crippen molar-refractivity contribution in [1.29, 1.82) is 0 Å². The highest BCUT2D eigenvalue weighted by molar-refractivity contribution is 7.92. The van der Waals surface area contributed by atoms with Gasteiger partial charge in [-0.1, -0.05) is 12.1 Å². The maximum atomic E-state index is 12.5. The molecular weight excluding hydrogens is 380 g/mol. The number of sulfonamides is 1. The van der Waals surface area contributed by atoms with Gasteiger partial charge in [-0.05, 0) is 55.8 Å². The Balaban J connectivity index is 2.10. The third kappa shape index (κ3) is 5.88. The molecule has 28 heavy (non-hydrogen) atoms. The largest absolute Gasteiger partial charge is 0.497 e. The zero-order valence-electron chi connectivity index (χ0n) is 16.5. The molecule has 0 aliphatic rings. The fourth-order valence-electron chi connectivity index (χ4n) is 2.67. The van der Waals surface area contributed by atoms with E-state index in [0.29, 0.717) is 18.0 Å². The molecule has 2 aromatic carbocycles. The maximum absolute atomic E-state index is 12.5. The summed E-state index contributed by atoms with van der Waals surface area (Å²) in [5, 5.41) is 2.83. The van der Waals surface area contributed by atoms with Gasteiger partial charge in [0.2, 0.25) is 15.9 Å². The molecule has 2 aromatic rings. The Bertz CT molecular complexity index is 880. The molecular formula is C20H26N2O5S. The molecule has 0 aliphatic carbocycles. The minimum atomic E-state index is -3.63. The van der Waals surface area contributed by atoms with Gasteiger partial charge < -0.3 is 14.8 Å². The van der Waals surface area contributed by atoms with Gasteiger partial charge in [-0.15, -0.1) is 0 Å². The lowest BCUT2D eigenvalue weighted by Crippen LogP contribution is -2.41. The minimum absolute atomic E-state index is 0.278. The number of carbonyl (C=O) groups excluding carboxylic acids is 1. The van der Waals surface area contributed by atoms with E-state index in [1.165, 1.54) is 0 Å². The number of rotatable bonds is 9. The predicted octanol–water partition coefficient (Wildman–Crippen LogP) is 2.74. The molecule has 0 saturated heterocycles. The Morgan fingerprint density at radius 1 is 1.07 bits per heavy atom. The molecule has 0 unspecified atom stereocenters. The van der Waals surface area contributed by atoms with Crippen molar-refractivity contribution in [3.63, 3.8) is 0 Å². The Morgan fingerprint density at radius 2 is 1.64 bits per heavy atom. The average molecular weight is 407 g/mol. The van der Waals surface area contributed by atoms with E-state index in [1.54, 1.807) is 43.5 Å². The van der Waals surface area contributed by atoms with E-state index in [4.69, 9.17) is 9.47 Å². The van der Waals surface area contributed by atoms with Crippen molar-refractivity contribution in [2.75, 3.05) is 30.8 Å². The highest BCUT2D eigenvalue weighted by atomic mass is 32.2. The molecule has 1 N–H and O–H groups in total. The van der Waals surface area contributed by atoms with Crippen LogP contribution in [0.5, 0.6) is 11.5 Å². The summed E-state index contributed by atoms with van der Waals surface area (Å²) < 4.78 is 36.0. The molecule has 2 rings (SSSR count). The molecule has 1 atom stereocenters. The number of methoxy groups -OCH3 is 1. The van der Waals surface area contributed by atoms with Crippen LogP contribution < -0.4 is 19.1 Å². The topological polar surface area (TPSA) is 84.9 Å². The summed E-state index contributed by atoms with van der Waals surface area (Å²) in [4.78, 5) is 12.5. The molecule has 0 spiro atoms. The Labute approximate surface area is 166 Å². The summed E-state index contributed by atoms with van der Waals surface area (Å²) in [6.45, 7) is 3.90. The van der Waals surface area contributed by atoms with Gasteiger partial charge in [0.1, 0.15) is 18.0 Å². The van der Waals surface area contributed by atoms with Crippen molar-refractivity contribution >= 4 is 21.6 Å². The van der Waals surface area contributed by atoms with Crippen molar-refractivity contribution in [1.82, 2.24) is 5.32 Å². The zero-order chi connectivity index (χ0) is 20.7. The van der Waals surface area contributed by atoms with Crippen LogP contribution in [0.3, 0.4) is 0 Å². The van der Waals surface area contributed by atoms with E-state index < -0.39 is 15.9 Å². The van der Waals surface area contributed by atoms with Crippen molar-refractivity contribution in [2.24, 2.45) is 0 Å². The van der Waals surface area contributed by atoms with E-state index >= 15 is 0 Å². The summed E-state index contributed by atoms with van der Waals surface area (Å²) >= 11 is 0. The van der Waals surface area contributed by atoms with Gasteiger partial charge >= 0.3 is 0 Å². The summed E-state index contributed by atoms with van der Waals surface area (Å²) in [5.41, 5.74) is 1.29. The SMILES string of the molecule is CCOc1ccc(N(CC(=O)N[C@@H](C)c2ccc(OC)cc2)S(C)(=O)=O)cc1. The van der Waals surface area contributed by atoms with Gasteiger partial charge in [-0.25, -0.2) is 8.42 Å². The molecule has 0 saturated carbocycles. The molecule has 0 heterocycles.